The number of benzene rings is 1. The third-order valence-electron chi connectivity index (χ3n) is 3.67. The largest absolute Gasteiger partial charge is 0.341 e. The van der Waals surface area contributed by atoms with Gasteiger partial charge in [0.15, 0.2) is 0 Å². The summed E-state index contributed by atoms with van der Waals surface area (Å²) >= 11 is 0. The first-order chi connectivity index (χ1) is 8.09. The third-order valence-corrected chi connectivity index (χ3v) is 3.67. The van der Waals surface area contributed by atoms with E-state index in [1.165, 1.54) is 12.0 Å². The summed E-state index contributed by atoms with van der Waals surface area (Å²) < 4.78 is 0. The Balaban J connectivity index is 2.05. The van der Waals surface area contributed by atoms with E-state index in [1.54, 1.807) is 0 Å². The highest BCUT2D eigenvalue weighted by Gasteiger charge is 2.29. The molecule has 0 bridgehead atoms. The minimum Gasteiger partial charge on any atom is -0.341 e. The molecular weight excluding hydrogens is 212 g/mol. The Hall–Kier alpha value is -1.35. The Labute approximate surface area is 103 Å². The molecule has 0 radical (unpaired) electrons. The molecule has 0 spiro atoms. The fraction of sp³-hybridized carbons (Fsp3) is 0.500. The van der Waals surface area contributed by atoms with Gasteiger partial charge in [-0.2, -0.15) is 0 Å². The number of amides is 1. The van der Waals surface area contributed by atoms with E-state index in [-0.39, 0.29) is 5.91 Å². The van der Waals surface area contributed by atoms with E-state index in [1.807, 2.05) is 43.1 Å². The molecule has 1 fully saturated rings. The number of hydrogen-bond donors (Lipinski definition) is 1. The summed E-state index contributed by atoms with van der Waals surface area (Å²) in [6.45, 7) is 2.03. The van der Waals surface area contributed by atoms with E-state index < -0.39 is 6.04 Å². The second-order valence-electron chi connectivity index (χ2n) is 4.92. The second kappa shape index (κ2) is 4.88. The molecule has 0 aliphatic heterocycles. The lowest BCUT2D eigenvalue weighted by molar-refractivity contribution is -0.135. The molecule has 2 N–H and O–H groups in total. The number of aryl methyl sites for hydroxylation is 1. The highest BCUT2D eigenvalue weighted by atomic mass is 16.2. The second-order valence-corrected chi connectivity index (χ2v) is 4.92. The first-order valence-corrected chi connectivity index (χ1v) is 6.18. The van der Waals surface area contributed by atoms with Crippen LogP contribution in [0.15, 0.2) is 24.3 Å². The molecule has 0 saturated heterocycles. The van der Waals surface area contributed by atoms with Crippen molar-refractivity contribution >= 4 is 5.91 Å². The van der Waals surface area contributed by atoms with Gasteiger partial charge in [-0.1, -0.05) is 29.8 Å². The minimum atomic E-state index is -0.527. The van der Waals surface area contributed by atoms with Crippen molar-refractivity contribution in [2.24, 2.45) is 5.73 Å². The number of carbonyl (C=O) groups is 1. The fourth-order valence-electron chi connectivity index (χ4n) is 2.09. The van der Waals surface area contributed by atoms with Crippen LogP contribution in [-0.2, 0) is 4.79 Å². The van der Waals surface area contributed by atoms with Crippen LogP contribution in [0.4, 0.5) is 0 Å². The van der Waals surface area contributed by atoms with E-state index in [0.29, 0.717) is 6.04 Å². The Morgan fingerprint density at radius 1 is 1.35 bits per heavy atom. The molecule has 1 unspecified atom stereocenters. The number of rotatable bonds is 3. The Morgan fingerprint density at radius 2 is 1.94 bits per heavy atom. The maximum Gasteiger partial charge on any atom is 0.244 e. The van der Waals surface area contributed by atoms with Crippen LogP contribution in [0.3, 0.4) is 0 Å². The van der Waals surface area contributed by atoms with Gasteiger partial charge in [0, 0.05) is 13.1 Å². The summed E-state index contributed by atoms with van der Waals surface area (Å²) in [5, 5.41) is 0. The molecular formula is C14H20N2O. The summed E-state index contributed by atoms with van der Waals surface area (Å²) in [6.07, 6.45) is 3.45. The normalized spacial score (nSPS) is 17.4. The zero-order chi connectivity index (χ0) is 12.4. The van der Waals surface area contributed by atoms with Crippen LogP contribution < -0.4 is 5.73 Å². The Kier molecular flexibility index (Phi) is 3.48. The summed E-state index contributed by atoms with van der Waals surface area (Å²) in [5.41, 5.74) is 8.09. The van der Waals surface area contributed by atoms with Crippen LogP contribution in [0.5, 0.6) is 0 Å². The van der Waals surface area contributed by atoms with E-state index in [9.17, 15) is 4.79 Å². The molecule has 0 heterocycles. The van der Waals surface area contributed by atoms with Crippen LogP contribution >= 0.6 is 0 Å². The number of nitrogens with two attached hydrogens (primary N) is 1. The van der Waals surface area contributed by atoms with Crippen molar-refractivity contribution in [1.82, 2.24) is 4.90 Å². The van der Waals surface area contributed by atoms with Gasteiger partial charge in [-0.05, 0) is 31.7 Å². The Morgan fingerprint density at radius 3 is 2.41 bits per heavy atom. The van der Waals surface area contributed by atoms with Gasteiger partial charge in [0.2, 0.25) is 5.91 Å². The van der Waals surface area contributed by atoms with Crippen molar-refractivity contribution in [3.8, 4) is 0 Å². The third kappa shape index (κ3) is 2.50. The van der Waals surface area contributed by atoms with Gasteiger partial charge in [-0.15, -0.1) is 0 Å². The number of likely N-dealkylation sites (N-methyl/N-ethyl adjacent to an activating group) is 1. The molecule has 17 heavy (non-hydrogen) atoms. The van der Waals surface area contributed by atoms with E-state index in [0.717, 1.165) is 18.4 Å². The number of carbonyl (C=O) groups excluding carboxylic acids is 1. The van der Waals surface area contributed by atoms with Crippen molar-refractivity contribution in [1.29, 1.82) is 0 Å². The molecule has 92 valence electrons. The zero-order valence-electron chi connectivity index (χ0n) is 10.5. The highest BCUT2D eigenvalue weighted by molar-refractivity contribution is 5.83. The lowest BCUT2D eigenvalue weighted by Gasteiger charge is -2.36. The first kappa shape index (κ1) is 12.1. The summed E-state index contributed by atoms with van der Waals surface area (Å²) in [6, 6.07) is 7.73. The van der Waals surface area contributed by atoms with E-state index in [2.05, 4.69) is 0 Å². The predicted molar refractivity (Wildman–Crippen MR) is 68.5 cm³/mol. The minimum absolute atomic E-state index is 0.0264. The average molecular weight is 232 g/mol. The number of nitrogens with zero attached hydrogens (tertiary/aromatic N) is 1. The van der Waals surface area contributed by atoms with Gasteiger partial charge in [0.25, 0.3) is 0 Å². The summed E-state index contributed by atoms with van der Waals surface area (Å²) in [4.78, 5) is 14.0. The molecule has 1 atom stereocenters. The van der Waals surface area contributed by atoms with Gasteiger partial charge in [0.1, 0.15) is 6.04 Å². The molecule has 1 aromatic rings. The SMILES string of the molecule is Cc1ccc(C(N)C(=O)N(C)C2CCC2)cc1. The van der Waals surface area contributed by atoms with E-state index >= 15 is 0 Å². The first-order valence-electron chi connectivity index (χ1n) is 6.18. The van der Waals surface area contributed by atoms with Crippen LogP contribution in [0.2, 0.25) is 0 Å². The molecule has 1 aliphatic carbocycles. The van der Waals surface area contributed by atoms with Gasteiger partial charge in [-0.3, -0.25) is 4.79 Å². The molecule has 3 nitrogen and oxygen atoms in total. The summed E-state index contributed by atoms with van der Waals surface area (Å²) in [5.74, 6) is 0.0264. The Bertz CT molecular complexity index is 395. The zero-order valence-corrected chi connectivity index (χ0v) is 10.5. The molecule has 1 saturated carbocycles. The van der Waals surface area contributed by atoms with Gasteiger partial charge >= 0.3 is 0 Å². The maximum absolute atomic E-state index is 12.2. The lowest BCUT2D eigenvalue weighted by Crippen LogP contribution is -2.45. The monoisotopic (exact) mass is 232 g/mol. The van der Waals surface area contributed by atoms with Crippen molar-refractivity contribution in [3.63, 3.8) is 0 Å². The molecule has 1 aliphatic rings. The molecule has 0 aromatic heterocycles. The van der Waals surface area contributed by atoms with Crippen LogP contribution in [0.25, 0.3) is 0 Å². The van der Waals surface area contributed by atoms with Crippen molar-refractivity contribution < 1.29 is 4.79 Å². The van der Waals surface area contributed by atoms with Crippen molar-refractivity contribution in [2.75, 3.05) is 7.05 Å². The fourth-order valence-corrected chi connectivity index (χ4v) is 2.09. The highest BCUT2D eigenvalue weighted by Crippen LogP contribution is 2.25. The molecule has 1 amide bonds. The quantitative estimate of drug-likeness (QED) is 0.866. The smallest absolute Gasteiger partial charge is 0.244 e. The van der Waals surface area contributed by atoms with Crippen molar-refractivity contribution in [3.05, 3.63) is 35.4 Å². The molecule has 1 aromatic carbocycles. The predicted octanol–water partition coefficient (Wildman–Crippen LogP) is 2.01. The molecule has 3 heteroatoms. The standard InChI is InChI=1S/C14H20N2O/c1-10-6-8-11(9-7-10)13(15)14(17)16(2)12-4-3-5-12/h6-9,12-13H,3-5,15H2,1-2H3. The van der Waals surface area contributed by atoms with Crippen LogP contribution in [0, 0.1) is 6.92 Å². The van der Waals surface area contributed by atoms with Crippen molar-refractivity contribution in [2.45, 2.75) is 38.3 Å². The topological polar surface area (TPSA) is 46.3 Å². The lowest BCUT2D eigenvalue weighted by atomic mass is 9.91. The average Bonchev–Trinajstić information content (AvgIpc) is 2.25. The van der Waals surface area contributed by atoms with E-state index in [4.69, 9.17) is 5.73 Å². The van der Waals surface area contributed by atoms with Gasteiger partial charge in [-0.25, -0.2) is 0 Å². The summed E-state index contributed by atoms with van der Waals surface area (Å²) in [7, 11) is 1.86. The van der Waals surface area contributed by atoms with Gasteiger partial charge < -0.3 is 10.6 Å². The number of hydrogen-bond acceptors (Lipinski definition) is 2. The van der Waals surface area contributed by atoms with Crippen LogP contribution in [0.1, 0.15) is 36.4 Å². The van der Waals surface area contributed by atoms with Gasteiger partial charge in [0.05, 0.1) is 0 Å². The molecule has 2 rings (SSSR count). The van der Waals surface area contributed by atoms with Crippen LogP contribution in [-0.4, -0.2) is 23.9 Å². The maximum atomic E-state index is 12.2.